The highest BCUT2D eigenvalue weighted by atomic mass is 16.1. The van der Waals surface area contributed by atoms with Crippen molar-refractivity contribution < 1.29 is 4.79 Å². The summed E-state index contributed by atoms with van der Waals surface area (Å²) >= 11 is 0. The number of carbonyl (C=O) groups excluding carboxylic acids is 1. The van der Waals surface area contributed by atoms with E-state index in [1.165, 1.54) is 77.0 Å². The summed E-state index contributed by atoms with van der Waals surface area (Å²) in [5.41, 5.74) is 0.628. The Labute approximate surface area is 125 Å². The molecule has 0 N–H and O–H groups in total. The summed E-state index contributed by atoms with van der Waals surface area (Å²) in [5, 5.41) is 0. The molecule has 1 nitrogen and oxygen atoms in total. The van der Waals surface area contributed by atoms with Gasteiger partial charge in [-0.3, -0.25) is 4.79 Å². The minimum Gasteiger partial charge on any atom is -0.300 e. The first-order valence-corrected chi connectivity index (χ1v) is 9.03. The highest BCUT2D eigenvalue weighted by Gasteiger charge is 2.33. The van der Waals surface area contributed by atoms with E-state index in [0.29, 0.717) is 16.6 Å². The summed E-state index contributed by atoms with van der Waals surface area (Å²) in [6.45, 7) is 4.73. The molecule has 2 saturated carbocycles. The van der Waals surface area contributed by atoms with Crippen LogP contribution < -0.4 is 0 Å². The van der Waals surface area contributed by atoms with Crippen LogP contribution in [0.25, 0.3) is 0 Å². The standard InChI is InChI=1S/C19H34O/c1-18(11-7-3-4-8-12-18)15-17(20)16-19(2)13-9-5-6-10-14-19/h3-16H2,1-2H3. The third-order valence-corrected chi connectivity index (χ3v) is 5.87. The normalized spacial score (nSPS) is 26.5. The van der Waals surface area contributed by atoms with E-state index in [2.05, 4.69) is 13.8 Å². The molecule has 2 aliphatic carbocycles. The molecule has 0 atom stereocenters. The molecule has 0 aromatic rings. The second-order valence-corrected chi connectivity index (χ2v) is 8.34. The summed E-state index contributed by atoms with van der Waals surface area (Å²) in [5.74, 6) is 0.554. The Kier molecular flexibility index (Phi) is 5.69. The first-order valence-electron chi connectivity index (χ1n) is 9.03. The van der Waals surface area contributed by atoms with Crippen molar-refractivity contribution in [3.05, 3.63) is 0 Å². The predicted octanol–water partition coefficient (Wildman–Crippen LogP) is 6.06. The molecule has 0 aromatic heterocycles. The van der Waals surface area contributed by atoms with Gasteiger partial charge in [0.25, 0.3) is 0 Å². The molecule has 0 aromatic carbocycles. The summed E-state index contributed by atoms with van der Waals surface area (Å²) in [4.78, 5) is 12.6. The lowest BCUT2D eigenvalue weighted by molar-refractivity contribution is -0.123. The van der Waals surface area contributed by atoms with Gasteiger partial charge in [-0.1, -0.05) is 65.2 Å². The van der Waals surface area contributed by atoms with Gasteiger partial charge >= 0.3 is 0 Å². The van der Waals surface area contributed by atoms with Crippen LogP contribution in [0.2, 0.25) is 0 Å². The van der Waals surface area contributed by atoms with Crippen molar-refractivity contribution in [1.82, 2.24) is 0 Å². The van der Waals surface area contributed by atoms with Crippen molar-refractivity contribution >= 4 is 5.78 Å². The maximum atomic E-state index is 12.6. The van der Waals surface area contributed by atoms with E-state index in [1.54, 1.807) is 0 Å². The van der Waals surface area contributed by atoms with E-state index in [4.69, 9.17) is 0 Å². The van der Waals surface area contributed by atoms with E-state index in [1.807, 2.05) is 0 Å². The quantitative estimate of drug-likeness (QED) is 0.571. The lowest BCUT2D eigenvalue weighted by Crippen LogP contribution is -2.25. The zero-order valence-corrected chi connectivity index (χ0v) is 13.8. The van der Waals surface area contributed by atoms with Crippen molar-refractivity contribution in [1.29, 1.82) is 0 Å². The Morgan fingerprint density at radius 3 is 1.25 bits per heavy atom. The van der Waals surface area contributed by atoms with Crippen LogP contribution in [-0.2, 0) is 4.79 Å². The molecule has 1 heteroatoms. The molecule has 0 heterocycles. The van der Waals surface area contributed by atoms with E-state index < -0.39 is 0 Å². The molecule has 0 aliphatic heterocycles. The second-order valence-electron chi connectivity index (χ2n) is 8.34. The van der Waals surface area contributed by atoms with Gasteiger partial charge in [0.1, 0.15) is 5.78 Å². The van der Waals surface area contributed by atoms with Crippen LogP contribution in [0.15, 0.2) is 0 Å². The first-order chi connectivity index (χ1) is 9.52. The number of hydrogen-bond donors (Lipinski definition) is 0. The van der Waals surface area contributed by atoms with Crippen LogP contribution in [0, 0.1) is 10.8 Å². The Bertz CT molecular complexity index is 272. The molecule has 2 fully saturated rings. The Morgan fingerprint density at radius 2 is 0.950 bits per heavy atom. The van der Waals surface area contributed by atoms with E-state index in [0.717, 1.165) is 12.8 Å². The van der Waals surface area contributed by atoms with Gasteiger partial charge in [-0.15, -0.1) is 0 Å². The van der Waals surface area contributed by atoms with Crippen molar-refractivity contribution in [2.45, 2.75) is 104 Å². The molecule has 0 radical (unpaired) electrons. The molecular formula is C19H34O. The number of hydrogen-bond acceptors (Lipinski definition) is 1. The van der Waals surface area contributed by atoms with Crippen LogP contribution in [0.3, 0.4) is 0 Å². The third-order valence-electron chi connectivity index (χ3n) is 5.87. The SMILES string of the molecule is CC1(CC(=O)CC2(C)CCCCCC2)CCCCCC1. The van der Waals surface area contributed by atoms with Gasteiger partial charge in [-0.2, -0.15) is 0 Å². The highest BCUT2D eigenvalue weighted by Crippen LogP contribution is 2.42. The van der Waals surface area contributed by atoms with Gasteiger partial charge in [0, 0.05) is 12.8 Å². The highest BCUT2D eigenvalue weighted by molar-refractivity contribution is 5.79. The molecule has 0 unspecified atom stereocenters. The van der Waals surface area contributed by atoms with Gasteiger partial charge in [0.15, 0.2) is 0 Å². The topological polar surface area (TPSA) is 17.1 Å². The Balaban J connectivity index is 1.87. The second kappa shape index (κ2) is 7.09. The molecular weight excluding hydrogens is 244 g/mol. The summed E-state index contributed by atoms with van der Waals surface area (Å²) in [6.07, 6.45) is 17.6. The molecule has 0 amide bonds. The van der Waals surface area contributed by atoms with Gasteiger partial charge in [-0.25, -0.2) is 0 Å². The van der Waals surface area contributed by atoms with E-state index in [-0.39, 0.29) is 0 Å². The number of ketones is 1. The molecule has 2 rings (SSSR count). The Hall–Kier alpha value is -0.330. The van der Waals surface area contributed by atoms with Gasteiger partial charge in [-0.05, 0) is 36.5 Å². The van der Waals surface area contributed by atoms with Gasteiger partial charge in [0.2, 0.25) is 0 Å². The van der Waals surface area contributed by atoms with E-state index in [9.17, 15) is 4.79 Å². The molecule has 116 valence electrons. The fourth-order valence-electron chi connectivity index (χ4n) is 4.53. The first kappa shape index (κ1) is 16.0. The van der Waals surface area contributed by atoms with Crippen LogP contribution in [-0.4, -0.2) is 5.78 Å². The van der Waals surface area contributed by atoms with Crippen molar-refractivity contribution in [3.8, 4) is 0 Å². The number of Topliss-reactive ketones (excluding diaryl/α,β-unsaturated/α-hetero) is 1. The van der Waals surface area contributed by atoms with Gasteiger partial charge in [0.05, 0.1) is 0 Å². The minimum atomic E-state index is 0.314. The zero-order valence-electron chi connectivity index (χ0n) is 13.8. The predicted molar refractivity (Wildman–Crippen MR) is 85.9 cm³/mol. The fourth-order valence-corrected chi connectivity index (χ4v) is 4.53. The molecule has 2 aliphatic rings. The molecule has 0 bridgehead atoms. The van der Waals surface area contributed by atoms with Gasteiger partial charge < -0.3 is 0 Å². The summed E-state index contributed by atoms with van der Waals surface area (Å²) in [7, 11) is 0. The number of carbonyl (C=O) groups is 1. The van der Waals surface area contributed by atoms with Crippen LogP contribution in [0.4, 0.5) is 0 Å². The molecule has 0 spiro atoms. The van der Waals surface area contributed by atoms with Crippen LogP contribution >= 0.6 is 0 Å². The maximum absolute atomic E-state index is 12.6. The summed E-state index contributed by atoms with van der Waals surface area (Å²) in [6, 6.07) is 0. The van der Waals surface area contributed by atoms with Crippen molar-refractivity contribution in [2.75, 3.05) is 0 Å². The third kappa shape index (κ3) is 4.90. The van der Waals surface area contributed by atoms with Crippen LogP contribution in [0.5, 0.6) is 0 Å². The molecule has 0 saturated heterocycles. The zero-order chi connectivity index (χ0) is 14.5. The van der Waals surface area contributed by atoms with Crippen LogP contribution in [0.1, 0.15) is 104 Å². The van der Waals surface area contributed by atoms with Crippen molar-refractivity contribution in [3.63, 3.8) is 0 Å². The lowest BCUT2D eigenvalue weighted by atomic mass is 9.73. The average molecular weight is 278 g/mol. The smallest absolute Gasteiger partial charge is 0.133 e. The van der Waals surface area contributed by atoms with E-state index >= 15 is 0 Å². The monoisotopic (exact) mass is 278 g/mol. The Morgan fingerprint density at radius 1 is 0.650 bits per heavy atom. The number of rotatable bonds is 4. The fraction of sp³-hybridized carbons (Fsp3) is 0.947. The average Bonchev–Trinajstić information content (AvgIpc) is 2.69. The summed E-state index contributed by atoms with van der Waals surface area (Å²) < 4.78 is 0. The van der Waals surface area contributed by atoms with Crippen molar-refractivity contribution in [2.24, 2.45) is 10.8 Å². The lowest BCUT2D eigenvalue weighted by Gasteiger charge is -2.31. The molecule has 20 heavy (non-hydrogen) atoms. The largest absolute Gasteiger partial charge is 0.300 e. The maximum Gasteiger partial charge on any atom is 0.133 e. The minimum absolute atomic E-state index is 0.314.